The Morgan fingerprint density at radius 1 is 1.22 bits per heavy atom. The Labute approximate surface area is 137 Å². The fourth-order valence-electron chi connectivity index (χ4n) is 2.99. The standard InChI is InChI=1S/C16H15N5OS/c22-16(14-10-23-20-19-14)21-8-5-11(6-9-21)13-4-3-12-2-1-7-17-15(12)18-13/h1-4,7,10-11H,5-6,8-9H2. The first-order chi connectivity index (χ1) is 11.3. The molecular weight excluding hydrogens is 310 g/mol. The molecule has 3 aromatic rings. The third-order valence-corrected chi connectivity index (χ3v) is 4.77. The number of amides is 1. The smallest absolute Gasteiger partial charge is 0.275 e. The lowest BCUT2D eigenvalue weighted by atomic mass is 9.92. The van der Waals surface area contributed by atoms with Crippen LogP contribution >= 0.6 is 11.5 Å². The van der Waals surface area contributed by atoms with Crippen molar-refractivity contribution < 1.29 is 4.79 Å². The van der Waals surface area contributed by atoms with Crippen LogP contribution in [0.15, 0.2) is 35.8 Å². The first-order valence-corrected chi connectivity index (χ1v) is 8.43. The van der Waals surface area contributed by atoms with Gasteiger partial charge < -0.3 is 4.90 Å². The molecule has 0 bridgehead atoms. The molecule has 4 rings (SSSR count). The van der Waals surface area contributed by atoms with E-state index in [1.54, 1.807) is 11.6 Å². The summed E-state index contributed by atoms with van der Waals surface area (Å²) in [5, 5.41) is 6.61. The van der Waals surface area contributed by atoms with Crippen LogP contribution in [0.3, 0.4) is 0 Å². The van der Waals surface area contributed by atoms with Gasteiger partial charge in [0.1, 0.15) is 0 Å². The summed E-state index contributed by atoms with van der Waals surface area (Å²) in [5.41, 5.74) is 2.30. The maximum absolute atomic E-state index is 12.3. The van der Waals surface area contributed by atoms with Crippen LogP contribution in [0.5, 0.6) is 0 Å². The van der Waals surface area contributed by atoms with Crippen molar-refractivity contribution in [2.24, 2.45) is 0 Å². The summed E-state index contributed by atoms with van der Waals surface area (Å²) in [6.45, 7) is 1.45. The molecule has 6 nitrogen and oxygen atoms in total. The highest BCUT2D eigenvalue weighted by Crippen LogP contribution is 2.28. The van der Waals surface area contributed by atoms with E-state index in [4.69, 9.17) is 0 Å². The summed E-state index contributed by atoms with van der Waals surface area (Å²) in [5.74, 6) is 0.351. The molecule has 1 aliphatic rings. The van der Waals surface area contributed by atoms with Gasteiger partial charge in [-0.15, -0.1) is 5.10 Å². The molecule has 0 aliphatic carbocycles. The van der Waals surface area contributed by atoms with Gasteiger partial charge >= 0.3 is 0 Å². The number of hydrogen-bond acceptors (Lipinski definition) is 6. The maximum atomic E-state index is 12.3. The summed E-state index contributed by atoms with van der Waals surface area (Å²) in [4.78, 5) is 23.1. The molecule has 0 spiro atoms. The molecule has 0 saturated carbocycles. The van der Waals surface area contributed by atoms with Crippen LogP contribution in [0, 0.1) is 0 Å². The van der Waals surface area contributed by atoms with Crippen LogP contribution in [-0.4, -0.2) is 43.5 Å². The van der Waals surface area contributed by atoms with Gasteiger partial charge in [-0.25, -0.2) is 9.97 Å². The predicted molar refractivity (Wildman–Crippen MR) is 87.3 cm³/mol. The van der Waals surface area contributed by atoms with Crippen molar-refractivity contribution >= 4 is 28.5 Å². The molecular formula is C16H15N5OS. The second kappa shape index (κ2) is 6.00. The van der Waals surface area contributed by atoms with Crippen molar-refractivity contribution in [3.63, 3.8) is 0 Å². The van der Waals surface area contributed by atoms with Gasteiger partial charge in [0.15, 0.2) is 11.3 Å². The fraction of sp³-hybridized carbons (Fsp3) is 0.312. The van der Waals surface area contributed by atoms with Crippen molar-refractivity contribution in [2.45, 2.75) is 18.8 Å². The molecule has 1 amide bonds. The summed E-state index contributed by atoms with van der Waals surface area (Å²) in [7, 11) is 0. The van der Waals surface area contributed by atoms with Crippen molar-refractivity contribution in [1.29, 1.82) is 0 Å². The molecule has 0 atom stereocenters. The lowest BCUT2D eigenvalue weighted by Crippen LogP contribution is -2.38. The van der Waals surface area contributed by atoms with Gasteiger partial charge in [0.05, 0.1) is 0 Å². The highest BCUT2D eigenvalue weighted by molar-refractivity contribution is 7.03. The van der Waals surface area contributed by atoms with Crippen molar-refractivity contribution in [3.8, 4) is 0 Å². The first kappa shape index (κ1) is 14.2. The monoisotopic (exact) mass is 325 g/mol. The molecule has 23 heavy (non-hydrogen) atoms. The zero-order valence-electron chi connectivity index (χ0n) is 12.4. The highest BCUT2D eigenvalue weighted by atomic mass is 32.1. The number of pyridine rings is 2. The quantitative estimate of drug-likeness (QED) is 0.724. The third kappa shape index (κ3) is 2.79. The Kier molecular flexibility index (Phi) is 3.70. The molecule has 3 aromatic heterocycles. The molecule has 0 aromatic carbocycles. The topological polar surface area (TPSA) is 71.9 Å². The SMILES string of the molecule is O=C(c1csnn1)N1CCC(c2ccc3cccnc3n2)CC1. The number of piperidine rings is 1. The van der Waals surface area contributed by atoms with E-state index in [0.717, 1.165) is 42.7 Å². The van der Waals surface area contributed by atoms with Crippen molar-refractivity contribution in [3.05, 3.63) is 47.2 Å². The number of fused-ring (bicyclic) bond motifs is 1. The number of likely N-dealkylation sites (tertiary alicyclic amines) is 1. The Morgan fingerprint density at radius 3 is 2.87 bits per heavy atom. The van der Waals surface area contributed by atoms with Crippen LogP contribution in [0.2, 0.25) is 0 Å². The summed E-state index contributed by atoms with van der Waals surface area (Å²) in [6.07, 6.45) is 3.59. The summed E-state index contributed by atoms with van der Waals surface area (Å²) >= 11 is 1.20. The van der Waals surface area contributed by atoms with E-state index in [0.29, 0.717) is 11.6 Å². The fourth-order valence-corrected chi connectivity index (χ4v) is 3.42. The van der Waals surface area contributed by atoms with Gasteiger partial charge in [-0.05, 0) is 48.6 Å². The van der Waals surface area contributed by atoms with E-state index in [2.05, 4.69) is 31.7 Å². The van der Waals surface area contributed by atoms with E-state index < -0.39 is 0 Å². The first-order valence-electron chi connectivity index (χ1n) is 7.59. The van der Waals surface area contributed by atoms with Crippen LogP contribution in [0.25, 0.3) is 11.0 Å². The zero-order valence-corrected chi connectivity index (χ0v) is 13.2. The number of carbonyl (C=O) groups excluding carboxylic acids is 1. The molecule has 116 valence electrons. The van der Waals surface area contributed by atoms with E-state index >= 15 is 0 Å². The van der Waals surface area contributed by atoms with Gasteiger partial charge in [-0.2, -0.15) is 0 Å². The number of carbonyl (C=O) groups is 1. The molecule has 0 radical (unpaired) electrons. The van der Waals surface area contributed by atoms with Gasteiger partial charge in [-0.3, -0.25) is 4.79 Å². The lowest BCUT2D eigenvalue weighted by Gasteiger charge is -2.31. The highest BCUT2D eigenvalue weighted by Gasteiger charge is 2.26. The Bertz CT molecular complexity index is 827. The van der Waals surface area contributed by atoms with E-state index in [1.807, 2.05) is 17.0 Å². The molecule has 0 unspecified atom stereocenters. The average Bonchev–Trinajstić information content (AvgIpc) is 3.15. The minimum Gasteiger partial charge on any atom is -0.337 e. The van der Waals surface area contributed by atoms with Crippen molar-refractivity contribution in [2.75, 3.05) is 13.1 Å². The molecule has 0 N–H and O–H groups in total. The maximum Gasteiger partial charge on any atom is 0.275 e. The van der Waals surface area contributed by atoms with E-state index in [9.17, 15) is 4.79 Å². The number of aromatic nitrogens is 4. The predicted octanol–water partition coefficient (Wildman–Crippen LogP) is 2.50. The van der Waals surface area contributed by atoms with Crippen LogP contribution in [0.1, 0.15) is 34.9 Å². The third-order valence-electron chi connectivity index (χ3n) is 4.27. The van der Waals surface area contributed by atoms with Crippen LogP contribution < -0.4 is 0 Å². The second-order valence-corrected chi connectivity index (χ2v) is 6.25. The van der Waals surface area contributed by atoms with Gasteiger partial charge in [0, 0.05) is 41.7 Å². The Hall–Kier alpha value is -2.41. The number of rotatable bonds is 2. The molecule has 1 fully saturated rings. The van der Waals surface area contributed by atoms with Crippen LogP contribution in [0.4, 0.5) is 0 Å². The van der Waals surface area contributed by atoms with Gasteiger partial charge in [-0.1, -0.05) is 4.49 Å². The molecule has 7 heteroatoms. The largest absolute Gasteiger partial charge is 0.337 e. The second-order valence-electron chi connectivity index (χ2n) is 5.64. The molecule has 1 aliphatic heterocycles. The van der Waals surface area contributed by atoms with Gasteiger partial charge in [0.2, 0.25) is 0 Å². The van der Waals surface area contributed by atoms with E-state index in [1.165, 1.54) is 11.5 Å². The lowest BCUT2D eigenvalue weighted by molar-refractivity contribution is 0.0706. The average molecular weight is 325 g/mol. The Morgan fingerprint density at radius 2 is 2.09 bits per heavy atom. The zero-order chi connectivity index (χ0) is 15.6. The van der Waals surface area contributed by atoms with Crippen LogP contribution in [-0.2, 0) is 0 Å². The summed E-state index contributed by atoms with van der Waals surface area (Å²) < 4.78 is 3.76. The normalized spacial score (nSPS) is 15.9. The summed E-state index contributed by atoms with van der Waals surface area (Å²) in [6, 6.07) is 8.09. The van der Waals surface area contributed by atoms with Crippen molar-refractivity contribution in [1.82, 2.24) is 24.5 Å². The van der Waals surface area contributed by atoms with Gasteiger partial charge in [0.25, 0.3) is 5.91 Å². The minimum absolute atomic E-state index is 0.0228. The molecule has 1 saturated heterocycles. The Balaban J connectivity index is 1.47. The van der Waals surface area contributed by atoms with E-state index in [-0.39, 0.29) is 5.91 Å². The minimum atomic E-state index is -0.0228. The number of hydrogen-bond donors (Lipinski definition) is 0. The number of nitrogens with zero attached hydrogens (tertiary/aromatic N) is 5. The molecule has 4 heterocycles.